The van der Waals surface area contributed by atoms with Crippen molar-refractivity contribution in [1.29, 1.82) is 0 Å². The Bertz CT molecular complexity index is 361. The first kappa shape index (κ1) is 12.2. The summed E-state index contributed by atoms with van der Waals surface area (Å²) in [7, 11) is -1.32. The van der Waals surface area contributed by atoms with Crippen molar-refractivity contribution in [1.82, 2.24) is 0 Å². The number of benzene rings is 1. The molecular weight excluding hydrogens is 198 g/mol. The number of nitrogens with two attached hydrogens (primary N) is 1. The summed E-state index contributed by atoms with van der Waals surface area (Å²) < 4.78 is 0. The maximum absolute atomic E-state index is 6.06. The van der Waals surface area contributed by atoms with Crippen LogP contribution >= 0.6 is 0 Å². The molecule has 0 fully saturated rings. The molecule has 1 unspecified atom stereocenters. The predicted octanol–water partition coefficient (Wildman–Crippen LogP) is 2.89. The van der Waals surface area contributed by atoms with Crippen molar-refractivity contribution >= 4 is 19.3 Å². The van der Waals surface area contributed by atoms with Crippen molar-refractivity contribution in [2.45, 2.75) is 32.6 Å². The molecule has 0 aliphatic rings. The molecule has 0 spiro atoms. The van der Waals surface area contributed by atoms with Crippen LogP contribution in [0, 0.1) is 0 Å². The first-order valence-corrected chi connectivity index (χ1v) is 8.89. The van der Waals surface area contributed by atoms with Crippen LogP contribution in [0.1, 0.15) is 24.1 Å². The Labute approximate surface area is 94.0 Å². The lowest BCUT2D eigenvalue weighted by Crippen LogP contribution is -2.41. The molecule has 0 bridgehead atoms. The largest absolute Gasteiger partial charge is 0.324 e. The van der Waals surface area contributed by atoms with Gasteiger partial charge in [0.15, 0.2) is 0 Å². The van der Waals surface area contributed by atoms with Crippen molar-refractivity contribution in [2.75, 3.05) is 0 Å². The van der Waals surface area contributed by atoms with Crippen LogP contribution in [-0.2, 0) is 0 Å². The van der Waals surface area contributed by atoms with Gasteiger partial charge in [0, 0.05) is 6.04 Å². The van der Waals surface area contributed by atoms with Gasteiger partial charge in [-0.1, -0.05) is 55.7 Å². The molecule has 1 nitrogen and oxygen atoms in total. The lowest BCUT2D eigenvalue weighted by molar-refractivity contribution is 0.821. The average Bonchev–Trinajstić information content (AvgIpc) is 2.15. The molecular formula is C13H21NSi. The molecule has 1 rings (SSSR count). The fourth-order valence-corrected chi connectivity index (χ4v) is 3.70. The summed E-state index contributed by atoms with van der Waals surface area (Å²) >= 11 is 0. The fraction of sp³-hybridized carbons (Fsp3) is 0.385. The molecule has 2 N–H and O–H groups in total. The van der Waals surface area contributed by atoms with E-state index >= 15 is 0 Å². The van der Waals surface area contributed by atoms with Gasteiger partial charge >= 0.3 is 0 Å². The van der Waals surface area contributed by atoms with Crippen molar-refractivity contribution in [3.05, 3.63) is 35.9 Å². The first-order chi connectivity index (χ1) is 6.88. The maximum atomic E-state index is 6.06. The molecule has 0 amide bonds. The Morgan fingerprint density at radius 3 is 2.33 bits per heavy atom. The van der Waals surface area contributed by atoms with Crippen LogP contribution in [0.2, 0.25) is 19.6 Å². The molecule has 0 aliphatic carbocycles. The first-order valence-electron chi connectivity index (χ1n) is 5.39. The quantitative estimate of drug-likeness (QED) is 0.777. The highest BCUT2D eigenvalue weighted by Crippen LogP contribution is 2.18. The van der Waals surface area contributed by atoms with Crippen molar-refractivity contribution < 1.29 is 0 Å². The summed E-state index contributed by atoms with van der Waals surface area (Å²) in [5.41, 5.74) is 8.53. The van der Waals surface area contributed by atoms with Gasteiger partial charge in [-0.15, -0.1) is 0 Å². The predicted molar refractivity (Wildman–Crippen MR) is 72.1 cm³/mol. The van der Waals surface area contributed by atoms with Gasteiger partial charge in [-0.25, -0.2) is 0 Å². The standard InChI is InChI=1S/C13H21NSi/c1-6-11-8-7-9-12(15(3,4)5)13(11)10(2)14/h6-10H,1,14H2,2-5H3. The molecule has 15 heavy (non-hydrogen) atoms. The Morgan fingerprint density at radius 1 is 1.33 bits per heavy atom. The van der Waals surface area contributed by atoms with Gasteiger partial charge in [-0.3, -0.25) is 0 Å². The number of rotatable bonds is 3. The molecule has 1 aromatic carbocycles. The third-order valence-corrected chi connectivity index (χ3v) is 4.68. The zero-order valence-electron chi connectivity index (χ0n) is 10.2. The summed E-state index contributed by atoms with van der Waals surface area (Å²) in [4.78, 5) is 0. The van der Waals surface area contributed by atoms with Gasteiger partial charge in [0.05, 0.1) is 8.07 Å². The van der Waals surface area contributed by atoms with Crippen LogP contribution in [0.5, 0.6) is 0 Å². The van der Waals surface area contributed by atoms with E-state index in [1.54, 1.807) is 0 Å². The Balaban J connectivity index is 3.45. The maximum Gasteiger partial charge on any atom is 0.0780 e. The summed E-state index contributed by atoms with van der Waals surface area (Å²) in [6.07, 6.45) is 1.91. The van der Waals surface area contributed by atoms with E-state index in [1.807, 2.05) is 13.0 Å². The lowest BCUT2D eigenvalue weighted by atomic mass is 10.0. The minimum Gasteiger partial charge on any atom is -0.324 e. The normalized spacial score (nSPS) is 13.7. The summed E-state index contributed by atoms with van der Waals surface area (Å²) in [6.45, 7) is 12.9. The average molecular weight is 219 g/mol. The van der Waals surface area contributed by atoms with E-state index in [-0.39, 0.29) is 6.04 Å². The SMILES string of the molecule is C=Cc1cccc([Si](C)(C)C)c1C(C)N. The zero-order valence-corrected chi connectivity index (χ0v) is 11.2. The molecule has 0 radical (unpaired) electrons. The minimum absolute atomic E-state index is 0.0842. The summed E-state index contributed by atoms with van der Waals surface area (Å²) in [6, 6.07) is 6.50. The Morgan fingerprint density at radius 2 is 1.93 bits per heavy atom. The van der Waals surface area contributed by atoms with E-state index < -0.39 is 8.07 Å². The highest BCUT2D eigenvalue weighted by atomic mass is 28.3. The summed E-state index contributed by atoms with van der Waals surface area (Å²) in [5, 5.41) is 1.45. The van der Waals surface area contributed by atoms with Crippen LogP contribution in [0.3, 0.4) is 0 Å². The van der Waals surface area contributed by atoms with Crippen LogP contribution in [0.15, 0.2) is 24.8 Å². The monoisotopic (exact) mass is 219 g/mol. The lowest BCUT2D eigenvalue weighted by Gasteiger charge is -2.24. The van der Waals surface area contributed by atoms with Gasteiger partial charge in [0.25, 0.3) is 0 Å². The van der Waals surface area contributed by atoms with Crippen LogP contribution in [0.25, 0.3) is 6.08 Å². The van der Waals surface area contributed by atoms with E-state index in [9.17, 15) is 0 Å². The highest BCUT2D eigenvalue weighted by Gasteiger charge is 2.22. The van der Waals surface area contributed by atoms with Crippen molar-refractivity contribution in [2.24, 2.45) is 5.73 Å². The Kier molecular flexibility index (Phi) is 3.53. The molecule has 0 heterocycles. The van der Waals surface area contributed by atoms with Crippen LogP contribution < -0.4 is 10.9 Å². The van der Waals surface area contributed by atoms with Gasteiger partial charge in [0.2, 0.25) is 0 Å². The van der Waals surface area contributed by atoms with E-state index in [0.717, 1.165) is 0 Å². The molecule has 82 valence electrons. The molecule has 1 aromatic rings. The molecule has 0 saturated carbocycles. The number of hydrogen-bond donors (Lipinski definition) is 1. The third kappa shape index (κ3) is 2.58. The van der Waals surface area contributed by atoms with E-state index in [2.05, 4.69) is 44.4 Å². The van der Waals surface area contributed by atoms with Gasteiger partial charge < -0.3 is 5.73 Å². The molecule has 0 saturated heterocycles. The minimum atomic E-state index is -1.32. The second-order valence-electron chi connectivity index (χ2n) is 5.05. The second kappa shape index (κ2) is 4.33. The molecule has 1 atom stereocenters. The van der Waals surface area contributed by atoms with Gasteiger partial charge in [0.1, 0.15) is 0 Å². The molecule has 2 heteroatoms. The smallest absolute Gasteiger partial charge is 0.0780 e. The topological polar surface area (TPSA) is 26.0 Å². The zero-order chi connectivity index (χ0) is 11.6. The fourth-order valence-electron chi connectivity index (χ4n) is 1.92. The highest BCUT2D eigenvalue weighted by molar-refractivity contribution is 6.89. The van der Waals surface area contributed by atoms with E-state index in [0.29, 0.717) is 0 Å². The van der Waals surface area contributed by atoms with E-state index in [1.165, 1.54) is 16.3 Å². The van der Waals surface area contributed by atoms with Crippen LogP contribution in [-0.4, -0.2) is 8.07 Å². The number of hydrogen-bond acceptors (Lipinski definition) is 1. The summed E-state index contributed by atoms with van der Waals surface area (Å²) in [5.74, 6) is 0. The molecule has 0 aliphatic heterocycles. The Hall–Kier alpha value is -0.863. The second-order valence-corrected chi connectivity index (χ2v) is 10.1. The van der Waals surface area contributed by atoms with E-state index in [4.69, 9.17) is 5.73 Å². The molecule has 0 aromatic heterocycles. The van der Waals surface area contributed by atoms with Crippen LogP contribution in [0.4, 0.5) is 0 Å². The van der Waals surface area contributed by atoms with Gasteiger partial charge in [-0.2, -0.15) is 0 Å². The van der Waals surface area contributed by atoms with Gasteiger partial charge in [-0.05, 0) is 18.1 Å². The third-order valence-electron chi connectivity index (χ3n) is 2.62. The van der Waals surface area contributed by atoms with Crippen molar-refractivity contribution in [3.8, 4) is 0 Å². The van der Waals surface area contributed by atoms with Crippen molar-refractivity contribution in [3.63, 3.8) is 0 Å².